The van der Waals surface area contributed by atoms with Crippen molar-refractivity contribution in [2.24, 2.45) is 0 Å². The minimum atomic E-state index is 0.0199. The summed E-state index contributed by atoms with van der Waals surface area (Å²) in [4.78, 5) is 15.6. The second-order valence-corrected chi connectivity index (χ2v) is 9.22. The van der Waals surface area contributed by atoms with Crippen molar-refractivity contribution in [2.75, 3.05) is 51.7 Å². The van der Waals surface area contributed by atoms with Crippen LogP contribution in [0, 0.1) is 13.8 Å². The highest BCUT2D eigenvalue weighted by atomic mass is 32.2. The van der Waals surface area contributed by atoms with Gasteiger partial charge in [-0.2, -0.15) is 0 Å². The first-order valence-corrected chi connectivity index (χ1v) is 11.5. The fourth-order valence-electron chi connectivity index (χ4n) is 4.37. The van der Waals surface area contributed by atoms with Gasteiger partial charge in [0.25, 0.3) is 5.91 Å². The smallest absolute Gasteiger partial charge is 0.251 e. The predicted octanol–water partition coefficient (Wildman–Crippen LogP) is 3.26. The Morgan fingerprint density at radius 1 is 1.14 bits per heavy atom. The molecule has 28 heavy (non-hydrogen) atoms. The lowest BCUT2D eigenvalue weighted by atomic mass is 9.87. The number of amides is 1. The maximum absolute atomic E-state index is 13.0. The first kappa shape index (κ1) is 21.6. The van der Waals surface area contributed by atoms with Crippen molar-refractivity contribution in [2.45, 2.75) is 45.6 Å². The molecule has 5 nitrogen and oxygen atoms in total. The molecular weight excluding hydrogens is 370 g/mol. The third kappa shape index (κ3) is 5.09. The Labute approximate surface area is 174 Å². The maximum atomic E-state index is 13.0. The van der Waals surface area contributed by atoms with Crippen LogP contribution in [0.3, 0.4) is 0 Å². The summed E-state index contributed by atoms with van der Waals surface area (Å²) in [6, 6.07) is 6.04. The van der Waals surface area contributed by atoms with Crippen LogP contribution in [0.15, 0.2) is 18.2 Å². The molecule has 1 aromatic rings. The van der Waals surface area contributed by atoms with Crippen LogP contribution in [0.1, 0.15) is 47.7 Å². The Bertz CT molecular complexity index is 633. The number of rotatable bonds is 7. The fraction of sp³-hybridized carbons (Fsp3) is 0.682. The molecule has 1 N–H and O–H groups in total. The lowest BCUT2D eigenvalue weighted by Crippen LogP contribution is -2.62. The number of carbonyl (C=O) groups is 1. The standard InChI is InChI=1S/C22H35N3O2S/c1-4-16-28-25-12-10-24(11-13-25)22(8-14-27-15-9-22)17-23-21(26)20-18(2)6-5-7-19(20)3/h5-7H,4,8-17H2,1-3H3,(H,23,26). The van der Waals surface area contributed by atoms with Crippen LogP contribution in [0.4, 0.5) is 0 Å². The molecule has 0 atom stereocenters. The SMILES string of the molecule is CCCSN1CCN(C2(CNC(=O)c3c(C)cccc3C)CCOCC2)CC1. The number of piperazine rings is 1. The summed E-state index contributed by atoms with van der Waals surface area (Å²) in [6.45, 7) is 12.8. The van der Waals surface area contributed by atoms with Gasteiger partial charge in [0.1, 0.15) is 0 Å². The van der Waals surface area contributed by atoms with Crippen LogP contribution >= 0.6 is 11.9 Å². The van der Waals surface area contributed by atoms with Gasteiger partial charge in [-0.3, -0.25) is 9.69 Å². The average molecular weight is 406 g/mol. The van der Waals surface area contributed by atoms with Crippen molar-refractivity contribution in [1.29, 1.82) is 0 Å². The maximum Gasteiger partial charge on any atom is 0.251 e. The normalized spacial score (nSPS) is 20.8. The van der Waals surface area contributed by atoms with E-state index in [4.69, 9.17) is 4.74 Å². The van der Waals surface area contributed by atoms with E-state index in [2.05, 4.69) is 21.4 Å². The molecule has 2 heterocycles. The van der Waals surface area contributed by atoms with Gasteiger partial charge in [0, 0.05) is 62.8 Å². The molecule has 1 aromatic carbocycles. The van der Waals surface area contributed by atoms with E-state index in [1.807, 2.05) is 44.0 Å². The molecule has 156 valence electrons. The summed E-state index contributed by atoms with van der Waals surface area (Å²) >= 11 is 1.98. The summed E-state index contributed by atoms with van der Waals surface area (Å²) < 4.78 is 8.17. The van der Waals surface area contributed by atoms with Crippen LogP contribution in [0.5, 0.6) is 0 Å². The second-order valence-electron chi connectivity index (χ2n) is 8.04. The zero-order valence-electron chi connectivity index (χ0n) is 17.6. The monoisotopic (exact) mass is 405 g/mol. The second kappa shape index (κ2) is 10.1. The summed E-state index contributed by atoms with van der Waals surface area (Å²) in [5, 5.41) is 3.28. The number of aryl methyl sites for hydroxylation is 2. The highest BCUT2D eigenvalue weighted by molar-refractivity contribution is 7.97. The molecule has 2 fully saturated rings. The molecule has 2 aliphatic heterocycles. The topological polar surface area (TPSA) is 44.8 Å². The zero-order valence-corrected chi connectivity index (χ0v) is 18.4. The predicted molar refractivity (Wildman–Crippen MR) is 117 cm³/mol. The highest BCUT2D eigenvalue weighted by Gasteiger charge is 2.40. The molecule has 0 radical (unpaired) electrons. The van der Waals surface area contributed by atoms with E-state index in [0.29, 0.717) is 6.54 Å². The fourth-order valence-corrected chi connectivity index (χ4v) is 5.24. The molecular formula is C22H35N3O2S. The number of nitrogens with one attached hydrogen (secondary N) is 1. The van der Waals surface area contributed by atoms with Crippen molar-refractivity contribution in [3.63, 3.8) is 0 Å². The number of hydrogen-bond donors (Lipinski definition) is 1. The van der Waals surface area contributed by atoms with Crippen LogP contribution in [-0.4, -0.2) is 72.3 Å². The van der Waals surface area contributed by atoms with Gasteiger partial charge in [-0.1, -0.05) is 37.1 Å². The highest BCUT2D eigenvalue weighted by Crippen LogP contribution is 2.30. The lowest BCUT2D eigenvalue weighted by molar-refractivity contribution is -0.0378. The van der Waals surface area contributed by atoms with Crippen molar-refractivity contribution in [3.05, 3.63) is 34.9 Å². The van der Waals surface area contributed by atoms with E-state index in [9.17, 15) is 4.79 Å². The molecule has 0 spiro atoms. The van der Waals surface area contributed by atoms with E-state index in [-0.39, 0.29) is 11.4 Å². The van der Waals surface area contributed by atoms with Gasteiger partial charge < -0.3 is 10.1 Å². The first-order chi connectivity index (χ1) is 13.6. The Kier molecular flexibility index (Phi) is 7.80. The van der Waals surface area contributed by atoms with E-state index in [0.717, 1.165) is 68.9 Å². The van der Waals surface area contributed by atoms with Gasteiger partial charge in [0.2, 0.25) is 0 Å². The molecule has 0 aromatic heterocycles. The van der Waals surface area contributed by atoms with Crippen molar-refractivity contribution >= 4 is 17.9 Å². The van der Waals surface area contributed by atoms with Crippen molar-refractivity contribution < 1.29 is 9.53 Å². The zero-order chi connectivity index (χ0) is 20.0. The minimum Gasteiger partial charge on any atom is -0.381 e. The lowest BCUT2D eigenvalue weighted by Gasteiger charge is -2.49. The first-order valence-electron chi connectivity index (χ1n) is 10.6. The minimum absolute atomic E-state index is 0.0199. The summed E-state index contributed by atoms with van der Waals surface area (Å²) in [5.74, 6) is 1.25. The Morgan fingerprint density at radius 3 is 2.39 bits per heavy atom. The Hall–Kier alpha value is -1.08. The third-order valence-corrected chi connectivity index (χ3v) is 7.42. The van der Waals surface area contributed by atoms with Crippen molar-refractivity contribution in [1.82, 2.24) is 14.5 Å². The summed E-state index contributed by atoms with van der Waals surface area (Å²) in [5.41, 5.74) is 2.93. The van der Waals surface area contributed by atoms with Crippen LogP contribution in [0.2, 0.25) is 0 Å². The van der Waals surface area contributed by atoms with E-state index >= 15 is 0 Å². The van der Waals surface area contributed by atoms with Gasteiger partial charge in [-0.05, 0) is 44.2 Å². The Balaban J connectivity index is 1.65. The number of hydrogen-bond acceptors (Lipinski definition) is 5. The molecule has 0 saturated carbocycles. The summed E-state index contributed by atoms with van der Waals surface area (Å²) in [7, 11) is 0. The Morgan fingerprint density at radius 2 is 1.79 bits per heavy atom. The average Bonchev–Trinajstić information content (AvgIpc) is 2.72. The van der Waals surface area contributed by atoms with Crippen LogP contribution in [0.25, 0.3) is 0 Å². The molecule has 1 amide bonds. The molecule has 0 unspecified atom stereocenters. The van der Waals surface area contributed by atoms with Gasteiger partial charge in [0.15, 0.2) is 0 Å². The molecule has 3 rings (SSSR count). The summed E-state index contributed by atoms with van der Waals surface area (Å²) in [6.07, 6.45) is 3.20. The third-order valence-electron chi connectivity index (χ3n) is 6.10. The quantitative estimate of drug-likeness (QED) is 0.706. The molecule has 6 heteroatoms. The number of nitrogens with zero attached hydrogens (tertiary/aromatic N) is 2. The van der Waals surface area contributed by atoms with E-state index in [1.165, 1.54) is 12.2 Å². The molecule has 2 saturated heterocycles. The largest absolute Gasteiger partial charge is 0.381 e. The van der Waals surface area contributed by atoms with Gasteiger partial charge in [-0.25, -0.2) is 4.31 Å². The molecule has 2 aliphatic rings. The van der Waals surface area contributed by atoms with Crippen LogP contribution < -0.4 is 5.32 Å². The van der Waals surface area contributed by atoms with E-state index < -0.39 is 0 Å². The number of ether oxygens (including phenoxy) is 1. The van der Waals surface area contributed by atoms with E-state index in [1.54, 1.807) is 0 Å². The van der Waals surface area contributed by atoms with Gasteiger partial charge in [0.05, 0.1) is 0 Å². The molecule has 0 aliphatic carbocycles. The van der Waals surface area contributed by atoms with Gasteiger partial charge in [-0.15, -0.1) is 0 Å². The number of benzene rings is 1. The number of carbonyl (C=O) groups excluding carboxylic acids is 1. The van der Waals surface area contributed by atoms with Crippen molar-refractivity contribution in [3.8, 4) is 0 Å². The molecule has 0 bridgehead atoms. The van der Waals surface area contributed by atoms with Crippen LogP contribution in [-0.2, 0) is 4.74 Å². The van der Waals surface area contributed by atoms with Gasteiger partial charge >= 0.3 is 0 Å².